The number of aromatic nitrogens is 3. The Hall–Kier alpha value is -4.99. The number of amides is 2. The maximum absolute atomic E-state index is 14.2. The Bertz CT molecular complexity index is 1780. The highest BCUT2D eigenvalue weighted by Crippen LogP contribution is 2.41. The lowest BCUT2D eigenvalue weighted by molar-refractivity contribution is -0.133. The number of fused-ring (bicyclic) bond motifs is 1. The molecule has 9 nitrogen and oxygen atoms in total. The summed E-state index contributed by atoms with van der Waals surface area (Å²) >= 11 is 0. The maximum Gasteiger partial charge on any atom is 0.249 e. The van der Waals surface area contributed by atoms with Crippen LogP contribution in [-0.2, 0) is 27.4 Å². The van der Waals surface area contributed by atoms with Crippen molar-refractivity contribution >= 4 is 22.7 Å². The molecule has 1 fully saturated rings. The summed E-state index contributed by atoms with van der Waals surface area (Å²) in [6.07, 6.45) is 5.30. The minimum atomic E-state index is -1.37. The van der Waals surface area contributed by atoms with E-state index >= 15 is 0 Å². The minimum absolute atomic E-state index is 0.301. The second kappa shape index (κ2) is 11.9. The molecular weight excluding hydrogens is 552 g/mol. The number of benzene rings is 3. The Balaban J connectivity index is 1.30. The molecular formula is C35H36N6O3. The number of carbonyl (C=O) groups excluding carboxylic acids is 2. The molecule has 2 heterocycles. The summed E-state index contributed by atoms with van der Waals surface area (Å²) in [4.78, 5) is 38.9. The van der Waals surface area contributed by atoms with Crippen molar-refractivity contribution in [2.24, 2.45) is 5.73 Å². The van der Waals surface area contributed by atoms with Crippen LogP contribution in [0.1, 0.15) is 36.3 Å². The maximum atomic E-state index is 14.2. The van der Waals surface area contributed by atoms with Gasteiger partial charge in [0, 0.05) is 29.9 Å². The van der Waals surface area contributed by atoms with Gasteiger partial charge in [-0.05, 0) is 29.7 Å². The minimum Gasteiger partial charge on any atom is -0.370 e. The summed E-state index contributed by atoms with van der Waals surface area (Å²) in [7, 11) is 0. The van der Waals surface area contributed by atoms with Crippen molar-refractivity contribution in [3.05, 3.63) is 127 Å². The number of aromatic amines is 2. The molecule has 5 aromatic rings. The monoisotopic (exact) mass is 588 g/mol. The van der Waals surface area contributed by atoms with Crippen LogP contribution < -0.4 is 16.4 Å². The predicted molar refractivity (Wildman–Crippen MR) is 170 cm³/mol. The zero-order chi connectivity index (χ0) is 30.7. The SMILES string of the molecule is C=C[C@@](C)(N)C(=O)NC1(C(=O)N[C@H](Cc2c[nH]c3ccccc23)c2ncc(-c3ccccc3)[nH]2)C[C@@H]1OCc1ccccc1. The Morgan fingerprint density at radius 3 is 2.57 bits per heavy atom. The summed E-state index contributed by atoms with van der Waals surface area (Å²) < 4.78 is 6.17. The van der Waals surface area contributed by atoms with Crippen molar-refractivity contribution in [1.29, 1.82) is 0 Å². The molecule has 44 heavy (non-hydrogen) atoms. The van der Waals surface area contributed by atoms with Crippen molar-refractivity contribution in [3.63, 3.8) is 0 Å². The Morgan fingerprint density at radius 1 is 1.11 bits per heavy atom. The number of nitrogens with zero attached hydrogens (tertiary/aromatic N) is 1. The third-order valence-electron chi connectivity index (χ3n) is 8.26. The fourth-order valence-corrected chi connectivity index (χ4v) is 5.36. The van der Waals surface area contributed by atoms with E-state index in [9.17, 15) is 9.59 Å². The van der Waals surface area contributed by atoms with E-state index in [0.29, 0.717) is 25.3 Å². The molecule has 6 rings (SSSR count). The number of imidazole rings is 1. The molecule has 2 aromatic heterocycles. The second-order valence-corrected chi connectivity index (χ2v) is 11.5. The summed E-state index contributed by atoms with van der Waals surface area (Å²) in [5, 5.41) is 7.17. The fourth-order valence-electron chi connectivity index (χ4n) is 5.36. The molecule has 0 saturated heterocycles. The molecule has 3 aromatic carbocycles. The highest BCUT2D eigenvalue weighted by atomic mass is 16.5. The van der Waals surface area contributed by atoms with E-state index in [1.807, 2.05) is 91.1 Å². The van der Waals surface area contributed by atoms with Gasteiger partial charge in [0.1, 0.15) is 16.9 Å². The Kier molecular flexibility index (Phi) is 7.90. The van der Waals surface area contributed by atoms with Crippen LogP contribution in [0.2, 0.25) is 0 Å². The van der Waals surface area contributed by atoms with Crippen LogP contribution in [0.25, 0.3) is 22.2 Å². The van der Waals surface area contributed by atoms with Gasteiger partial charge in [-0.2, -0.15) is 0 Å². The largest absolute Gasteiger partial charge is 0.370 e. The number of hydrogen-bond donors (Lipinski definition) is 5. The lowest BCUT2D eigenvalue weighted by atomic mass is 10.0. The van der Waals surface area contributed by atoms with E-state index in [1.54, 1.807) is 13.1 Å². The number of rotatable bonds is 12. The van der Waals surface area contributed by atoms with Crippen molar-refractivity contribution in [2.45, 2.75) is 49.6 Å². The van der Waals surface area contributed by atoms with Crippen LogP contribution >= 0.6 is 0 Å². The number of H-pyrrole nitrogens is 2. The van der Waals surface area contributed by atoms with E-state index in [-0.39, 0.29) is 5.91 Å². The third kappa shape index (κ3) is 5.92. The van der Waals surface area contributed by atoms with Crippen molar-refractivity contribution < 1.29 is 14.3 Å². The number of hydrogen-bond acceptors (Lipinski definition) is 5. The summed E-state index contributed by atoms with van der Waals surface area (Å²) in [5.41, 5.74) is 8.32. The standard InChI is InChI=1S/C35H36N6O3/c1-3-34(2,36)32(42)41-35(19-30(35)44-22-23-12-6-4-7-13-23)33(43)40-28(18-25-20-37-27-17-11-10-16-26(25)27)31-38-21-29(39-31)24-14-8-5-9-15-24/h3-17,20-21,28,30,37H,1,18-19,22,36H2,2H3,(H,38,39)(H,40,43)(H,41,42)/t28-,30+,34-,35?/m1/s1. The highest BCUT2D eigenvalue weighted by Gasteiger charge is 2.63. The first-order chi connectivity index (χ1) is 21.3. The Morgan fingerprint density at radius 2 is 1.82 bits per heavy atom. The van der Waals surface area contributed by atoms with E-state index in [2.05, 4.69) is 32.2 Å². The number of carbonyl (C=O) groups is 2. The van der Waals surface area contributed by atoms with Gasteiger partial charge >= 0.3 is 0 Å². The quantitative estimate of drug-likeness (QED) is 0.135. The first-order valence-corrected chi connectivity index (χ1v) is 14.7. The van der Waals surface area contributed by atoms with Gasteiger partial charge < -0.3 is 31.1 Å². The van der Waals surface area contributed by atoms with Gasteiger partial charge in [0.05, 0.1) is 30.6 Å². The van der Waals surface area contributed by atoms with Gasteiger partial charge in [0.25, 0.3) is 0 Å². The smallest absolute Gasteiger partial charge is 0.249 e. The molecule has 224 valence electrons. The van der Waals surface area contributed by atoms with E-state index in [1.165, 1.54) is 6.08 Å². The summed E-state index contributed by atoms with van der Waals surface area (Å²) in [6.45, 7) is 5.55. The zero-order valence-corrected chi connectivity index (χ0v) is 24.5. The molecule has 1 aliphatic rings. The average Bonchev–Trinajstić information content (AvgIpc) is 3.34. The first-order valence-electron chi connectivity index (χ1n) is 14.7. The van der Waals surface area contributed by atoms with Crippen LogP contribution in [0.5, 0.6) is 0 Å². The number of ether oxygens (including phenoxy) is 1. The van der Waals surface area contributed by atoms with Crippen LogP contribution in [0.3, 0.4) is 0 Å². The van der Waals surface area contributed by atoms with Gasteiger partial charge in [-0.1, -0.05) is 84.9 Å². The molecule has 0 bridgehead atoms. The van der Waals surface area contributed by atoms with Crippen LogP contribution in [0.15, 0.2) is 110 Å². The van der Waals surface area contributed by atoms with E-state index in [4.69, 9.17) is 10.5 Å². The molecule has 9 heteroatoms. The summed E-state index contributed by atoms with van der Waals surface area (Å²) in [5.74, 6) is -0.279. The van der Waals surface area contributed by atoms with Crippen molar-refractivity contribution in [3.8, 4) is 11.3 Å². The van der Waals surface area contributed by atoms with Crippen LogP contribution in [0.4, 0.5) is 0 Å². The molecule has 0 aliphatic heterocycles. The molecule has 0 radical (unpaired) electrons. The number of para-hydroxylation sites is 1. The van der Waals surface area contributed by atoms with Gasteiger partial charge in [0.2, 0.25) is 11.8 Å². The van der Waals surface area contributed by atoms with Crippen molar-refractivity contribution in [2.75, 3.05) is 0 Å². The van der Waals surface area contributed by atoms with Crippen LogP contribution in [0, 0.1) is 0 Å². The van der Waals surface area contributed by atoms with Gasteiger partial charge in [-0.3, -0.25) is 9.59 Å². The lowest BCUT2D eigenvalue weighted by Gasteiger charge is -2.27. The molecule has 2 amide bonds. The molecule has 4 atom stereocenters. The number of nitrogens with two attached hydrogens (primary N) is 1. The predicted octanol–water partition coefficient (Wildman–Crippen LogP) is 4.71. The first kappa shape index (κ1) is 29.1. The molecule has 6 N–H and O–H groups in total. The third-order valence-corrected chi connectivity index (χ3v) is 8.26. The summed E-state index contributed by atoms with van der Waals surface area (Å²) in [6, 6.07) is 27.1. The second-order valence-electron chi connectivity index (χ2n) is 11.5. The Labute approximate surface area is 255 Å². The molecule has 1 aliphatic carbocycles. The number of nitrogens with one attached hydrogen (secondary N) is 4. The molecule has 1 unspecified atom stereocenters. The average molecular weight is 589 g/mol. The van der Waals surface area contributed by atoms with Gasteiger partial charge in [-0.15, -0.1) is 6.58 Å². The molecule has 1 saturated carbocycles. The highest BCUT2D eigenvalue weighted by molar-refractivity contribution is 5.98. The van der Waals surface area contributed by atoms with E-state index < -0.39 is 29.1 Å². The van der Waals surface area contributed by atoms with Gasteiger partial charge in [0.15, 0.2) is 0 Å². The van der Waals surface area contributed by atoms with E-state index in [0.717, 1.165) is 33.3 Å². The van der Waals surface area contributed by atoms with Gasteiger partial charge in [-0.25, -0.2) is 4.98 Å². The van der Waals surface area contributed by atoms with Crippen molar-refractivity contribution in [1.82, 2.24) is 25.6 Å². The fraction of sp³-hybridized carbons (Fsp3) is 0.229. The normalized spacial score (nSPS) is 19.5. The zero-order valence-electron chi connectivity index (χ0n) is 24.5. The van der Waals surface area contributed by atoms with Crippen LogP contribution in [-0.4, -0.2) is 43.9 Å². The topological polar surface area (TPSA) is 138 Å². The molecule has 0 spiro atoms. The lowest BCUT2D eigenvalue weighted by Crippen LogP contribution is -2.59.